The SMILES string of the molecule is Cc1ccc(S(=O)(=O)n2c(-c3ccccc3)c(B3OC(C)(C)C(C)(C)O3)c3ccc(Cl)cc32)cc1. The molecule has 1 aromatic heterocycles. The average Bonchev–Trinajstić information content (AvgIpc) is 3.24. The van der Waals surface area contributed by atoms with E-state index in [1.54, 1.807) is 36.4 Å². The van der Waals surface area contributed by atoms with Crippen molar-refractivity contribution in [3.05, 3.63) is 83.4 Å². The number of hydrogen-bond acceptors (Lipinski definition) is 4. The van der Waals surface area contributed by atoms with Crippen LogP contribution in [0.25, 0.3) is 22.2 Å². The summed E-state index contributed by atoms with van der Waals surface area (Å²) in [5.74, 6) is 0. The van der Waals surface area contributed by atoms with E-state index in [0.29, 0.717) is 27.1 Å². The fourth-order valence-electron chi connectivity index (χ4n) is 4.39. The molecular weight excluding hydrogens is 481 g/mol. The van der Waals surface area contributed by atoms with Crippen LogP contribution in [0.1, 0.15) is 33.3 Å². The fraction of sp³-hybridized carbons (Fsp3) is 0.259. The third-order valence-corrected chi connectivity index (χ3v) is 8.99. The first kappa shape index (κ1) is 24.1. The van der Waals surface area contributed by atoms with Crippen LogP contribution in [0.3, 0.4) is 0 Å². The molecule has 1 aliphatic heterocycles. The van der Waals surface area contributed by atoms with E-state index < -0.39 is 28.3 Å². The minimum absolute atomic E-state index is 0.192. The van der Waals surface area contributed by atoms with E-state index >= 15 is 0 Å². The lowest BCUT2D eigenvalue weighted by Crippen LogP contribution is -2.41. The Kier molecular flexibility index (Phi) is 5.68. The predicted octanol–water partition coefficient (Wildman–Crippen LogP) is 5.81. The molecule has 0 bridgehead atoms. The zero-order valence-corrected chi connectivity index (χ0v) is 21.9. The summed E-state index contributed by atoms with van der Waals surface area (Å²) in [5, 5.41) is 1.15. The Balaban J connectivity index is 1.89. The quantitative estimate of drug-likeness (QED) is 0.327. The first-order valence-electron chi connectivity index (χ1n) is 11.5. The summed E-state index contributed by atoms with van der Waals surface area (Å²) in [7, 11) is -4.77. The lowest BCUT2D eigenvalue weighted by Gasteiger charge is -2.32. The molecule has 2 heterocycles. The highest BCUT2D eigenvalue weighted by molar-refractivity contribution is 7.90. The Hall–Kier alpha value is -2.58. The number of aromatic nitrogens is 1. The van der Waals surface area contributed by atoms with Crippen LogP contribution < -0.4 is 5.46 Å². The van der Waals surface area contributed by atoms with Gasteiger partial charge in [-0.05, 0) is 64.4 Å². The van der Waals surface area contributed by atoms with E-state index in [4.69, 9.17) is 20.9 Å². The highest BCUT2D eigenvalue weighted by Crippen LogP contribution is 2.40. The van der Waals surface area contributed by atoms with Crippen molar-refractivity contribution in [1.29, 1.82) is 0 Å². The summed E-state index contributed by atoms with van der Waals surface area (Å²) in [6, 6.07) is 21.6. The van der Waals surface area contributed by atoms with Gasteiger partial charge in [0.2, 0.25) is 0 Å². The number of fused-ring (bicyclic) bond motifs is 1. The molecule has 0 radical (unpaired) electrons. The molecule has 5 rings (SSSR count). The molecule has 0 aliphatic carbocycles. The number of benzene rings is 3. The summed E-state index contributed by atoms with van der Waals surface area (Å²) in [5.41, 5.74) is 2.16. The number of hydrogen-bond donors (Lipinski definition) is 0. The van der Waals surface area contributed by atoms with Crippen molar-refractivity contribution in [3.63, 3.8) is 0 Å². The highest BCUT2D eigenvalue weighted by atomic mass is 35.5. The Labute approximate surface area is 211 Å². The third kappa shape index (κ3) is 3.91. The normalized spacial score (nSPS) is 17.3. The third-order valence-electron chi connectivity index (χ3n) is 7.02. The van der Waals surface area contributed by atoms with Crippen molar-refractivity contribution < 1.29 is 17.7 Å². The summed E-state index contributed by atoms with van der Waals surface area (Å²) in [6.45, 7) is 9.85. The zero-order valence-electron chi connectivity index (χ0n) is 20.4. The van der Waals surface area contributed by atoms with Gasteiger partial charge in [-0.2, -0.15) is 0 Å². The first-order chi connectivity index (χ1) is 16.4. The Morgan fingerprint density at radius 2 is 1.46 bits per heavy atom. The first-order valence-corrected chi connectivity index (χ1v) is 13.3. The molecule has 0 saturated carbocycles. The molecule has 1 fully saturated rings. The largest absolute Gasteiger partial charge is 0.497 e. The second-order valence-electron chi connectivity index (χ2n) is 9.96. The Morgan fingerprint density at radius 1 is 0.857 bits per heavy atom. The lowest BCUT2D eigenvalue weighted by molar-refractivity contribution is 0.00578. The minimum atomic E-state index is -4.00. The van der Waals surface area contributed by atoms with Gasteiger partial charge >= 0.3 is 7.12 Å². The minimum Gasteiger partial charge on any atom is -0.399 e. The van der Waals surface area contributed by atoms with Gasteiger partial charge in [0.1, 0.15) is 0 Å². The van der Waals surface area contributed by atoms with E-state index in [1.165, 1.54) is 3.97 Å². The Morgan fingerprint density at radius 3 is 2.06 bits per heavy atom. The highest BCUT2D eigenvalue weighted by Gasteiger charge is 2.53. The van der Waals surface area contributed by atoms with E-state index in [0.717, 1.165) is 11.1 Å². The van der Waals surface area contributed by atoms with Crippen molar-refractivity contribution >= 4 is 45.1 Å². The molecule has 0 N–H and O–H groups in total. The second kappa shape index (κ2) is 8.24. The van der Waals surface area contributed by atoms with E-state index in [9.17, 15) is 8.42 Å². The van der Waals surface area contributed by atoms with Gasteiger partial charge in [-0.1, -0.05) is 65.7 Å². The molecule has 5 nitrogen and oxygen atoms in total. The molecule has 8 heteroatoms. The van der Waals surface area contributed by atoms with Gasteiger partial charge in [0.15, 0.2) is 0 Å². The van der Waals surface area contributed by atoms with E-state index in [-0.39, 0.29) is 4.90 Å². The summed E-state index contributed by atoms with van der Waals surface area (Å²) in [4.78, 5) is 0.192. The van der Waals surface area contributed by atoms with Crippen LogP contribution in [-0.4, -0.2) is 30.7 Å². The average molecular weight is 508 g/mol. The molecule has 3 aromatic carbocycles. The van der Waals surface area contributed by atoms with Crippen LogP contribution >= 0.6 is 11.6 Å². The summed E-state index contributed by atoms with van der Waals surface area (Å²) >= 11 is 6.39. The maximum atomic E-state index is 14.2. The van der Waals surface area contributed by atoms with Gasteiger partial charge in [0.05, 0.1) is 27.3 Å². The van der Waals surface area contributed by atoms with Crippen LogP contribution in [0, 0.1) is 6.92 Å². The van der Waals surface area contributed by atoms with Crippen LogP contribution in [0.5, 0.6) is 0 Å². The van der Waals surface area contributed by atoms with Crippen LogP contribution in [0.2, 0.25) is 5.02 Å². The van der Waals surface area contributed by atoms with Gasteiger partial charge in [0.25, 0.3) is 10.0 Å². The second-order valence-corrected chi connectivity index (χ2v) is 12.2. The van der Waals surface area contributed by atoms with Crippen molar-refractivity contribution in [2.24, 2.45) is 0 Å². The van der Waals surface area contributed by atoms with Gasteiger partial charge < -0.3 is 9.31 Å². The maximum absolute atomic E-state index is 14.2. The molecular formula is C27H27BClNO4S. The molecule has 35 heavy (non-hydrogen) atoms. The van der Waals surface area contributed by atoms with Crippen LogP contribution in [-0.2, 0) is 19.3 Å². The van der Waals surface area contributed by atoms with Gasteiger partial charge in [0, 0.05) is 15.9 Å². The van der Waals surface area contributed by atoms with E-state index in [1.807, 2.05) is 71.0 Å². The number of rotatable bonds is 4. The molecule has 4 aromatic rings. The van der Waals surface area contributed by atoms with Crippen molar-refractivity contribution in [1.82, 2.24) is 3.97 Å². The van der Waals surface area contributed by atoms with Crippen LogP contribution in [0.4, 0.5) is 0 Å². The molecule has 1 saturated heterocycles. The van der Waals surface area contributed by atoms with E-state index in [2.05, 4.69) is 0 Å². The van der Waals surface area contributed by atoms with Crippen molar-refractivity contribution in [3.8, 4) is 11.3 Å². The molecule has 1 aliphatic rings. The molecule has 0 atom stereocenters. The molecule has 180 valence electrons. The number of halogens is 1. The van der Waals surface area contributed by atoms with Crippen molar-refractivity contribution in [2.45, 2.75) is 50.7 Å². The fourth-order valence-corrected chi connectivity index (χ4v) is 6.10. The lowest BCUT2D eigenvalue weighted by atomic mass is 9.75. The van der Waals surface area contributed by atoms with Gasteiger partial charge in [-0.3, -0.25) is 0 Å². The Bertz CT molecular complexity index is 1510. The number of aryl methyl sites for hydroxylation is 1. The monoisotopic (exact) mass is 507 g/mol. The topological polar surface area (TPSA) is 57.5 Å². The molecule has 0 amide bonds. The maximum Gasteiger partial charge on any atom is 0.497 e. The number of nitrogens with zero attached hydrogens (tertiary/aromatic N) is 1. The summed E-state index contributed by atoms with van der Waals surface area (Å²) in [6.07, 6.45) is 0. The predicted molar refractivity (Wildman–Crippen MR) is 142 cm³/mol. The van der Waals surface area contributed by atoms with Crippen LogP contribution in [0.15, 0.2) is 77.7 Å². The summed E-state index contributed by atoms with van der Waals surface area (Å²) < 4.78 is 42.6. The van der Waals surface area contributed by atoms with Crippen molar-refractivity contribution in [2.75, 3.05) is 0 Å². The van der Waals surface area contributed by atoms with Gasteiger partial charge in [-0.25, -0.2) is 12.4 Å². The smallest absolute Gasteiger partial charge is 0.399 e. The van der Waals surface area contributed by atoms with Gasteiger partial charge in [-0.15, -0.1) is 0 Å². The molecule has 0 unspecified atom stereocenters. The zero-order chi connectivity index (χ0) is 25.2. The standard InChI is InChI=1S/C27H27BClNO4S/c1-18-11-14-21(15-12-18)35(31,32)30-23-17-20(29)13-16-22(23)24(25(30)19-9-7-6-8-10-19)28-33-26(2,3)27(4,5)34-28/h6-17H,1-5H3. The molecule has 0 spiro atoms.